The maximum Gasteiger partial charge on any atom is 0.306 e. The lowest BCUT2D eigenvalue weighted by atomic mass is 10.2. The fraction of sp³-hybridized carbons (Fsp3) is 0.375. The van der Waals surface area contributed by atoms with E-state index in [0.717, 1.165) is 0 Å². The molecular formula is C16H17Cl2NO4. The highest BCUT2D eigenvalue weighted by Crippen LogP contribution is 2.31. The van der Waals surface area contributed by atoms with Crippen molar-refractivity contribution < 1.29 is 18.8 Å². The van der Waals surface area contributed by atoms with Crippen LogP contribution in [0.5, 0.6) is 5.75 Å². The van der Waals surface area contributed by atoms with Crippen molar-refractivity contribution in [1.29, 1.82) is 0 Å². The van der Waals surface area contributed by atoms with Crippen LogP contribution in [0.1, 0.15) is 37.3 Å². The third-order valence-electron chi connectivity index (χ3n) is 3.07. The van der Waals surface area contributed by atoms with Gasteiger partial charge in [-0.25, -0.2) is 0 Å². The van der Waals surface area contributed by atoms with Crippen LogP contribution < -0.4 is 4.74 Å². The molecule has 1 heterocycles. The normalized spacial score (nSPS) is 12.0. The van der Waals surface area contributed by atoms with Gasteiger partial charge in [0.15, 0.2) is 0 Å². The smallest absolute Gasteiger partial charge is 0.306 e. The Labute approximate surface area is 144 Å². The van der Waals surface area contributed by atoms with Crippen LogP contribution in [0.15, 0.2) is 28.8 Å². The van der Waals surface area contributed by atoms with Gasteiger partial charge in [0.1, 0.15) is 28.3 Å². The van der Waals surface area contributed by atoms with Crippen LogP contribution in [0.2, 0.25) is 10.0 Å². The van der Waals surface area contributed by atoms with E-state index in [9.17, 15) is 4.79 Å². The number of carbonyl (C=O) groups excluding carboxylic acids is 1. The summed E-state index contributed by atoms with van der Waals surface area (Å²) in [6, 6.07) is 6.89. The molecule has 5 nitrogen and oxygen atoms in total. The number of hydrogen-bond donors (Lipinski definition) is 0. The number of halogens is 2. The second kappa shape index (κ2) is 8.22. The van der Waals surface area contributed by atoms with Crippen molar-refractivity contribution in [3.05, 3.63) is 45.8 Å². The molecule has 0 aliphatic heterocycles. The second-order valence-electron chi connectivity index (χ2n) is 5.00. The van der Waals surface area contributed by atoms with Gasteiger partial charge in [-0.05, 0) is 32.4 Å². The highest BCUT2D eigenvalue weighted by Gasteiger charge is 2.15. The summed E-state index contributed by atoms with van der Waals surface area (Å²) < 4.78 is 15.7. The average Bonchev–Trinajstić information content (AvgIpc) is 2.94. The third-order valence-corrected chi connectivity index (χ3v) is 3.87. The summed E-state index contributed by atoms with van der Waals surface area (Å²) >= 11 is 11.9. The van der Waals surface area contributed by atoms with Crippen LogP contribution >= 0.6 is 23.2 Å². The van der Waals surface area contributed by atoms with Gasteiger partial charge in [-0.1, -0.05) is 34.4 Å². The number of aromatic nitrogens is 1. The van der Waals surface area contributed by atoms with Gasteiger partial charge in [0.05, 0.1) is 11.6 Å². The van der Waals surface area contributed by atoms with E-state index >= 15 is 0 Å². The number of ether oxygens (including phenoxy) is 2. The van der Waals surface area contributed by atoms with Gasteiger partial charge in [0.25, 0.3) is 0 Å². The minimum Gasteiger partial charge on any atom is -0.492 e. The van der Waals surface area contributed by atoms with Crippen LogP contribution in [0.3, 0.4) is 0 Å². The fourth-order valence-corrected chi connectivity index (χ4v) is 2.23. The molecule has 0 amide bonds. The molecule has 0 radical (unpaired) electrons. The van der Waals surface area contributed by atoms with Crippen molar-refractivity contribution in [2.24, 2.45) is 0 Å². The van der Waals surface area contributed by atoms with E-state index in [-0.39, 0.29) is 12.4 Å². The first-order chi connectivity index (χ1) is 11.0. The Kier molecular flexibility index (Phi) is 6.30. The average molecular weight is 358 g/mol. The van der Waals surface area contributed by atoms with Gasteiger partial charge in [-0.3, -0.25) is 4.79 Å². The van der Waals surface area contributed by atoms with E-state index in [1.807, 2.05) is 0 Å². The monoisotopic (exact) mass is 357 g/mol. The Morgan fingerprint density at radius 3 is 2.87 bits per heavy atom. The lowest BCUT2D eigenvalue weighted by Crippen LogP contribution is -2.10. The summed E-state index contributed by atoms with van der Waals surface area (Å²) in [5.41, 5.74) is 0.595. The Hall–Kier alpha value is -1.72. The van der Waals surface area contributed by atoms with Crippen molar-refractivity contribution in [3.63, 3.8) is 0 Å². The van der Waals surface area contributed by atoms with Gasteiger partial charge >= 0.3 is 5.97 Å². The quantitative estimate of drug-likeness (QED) is 0.528. The first kappa shape index (κ1) is 17.6. The molecule has 2 rings (SSSR count). The first-order valence-corrected chi connectivity index (χ1v) is 7.92. The number of aryl methyl sites for hydroxylation is 1. The van der Waals surface area contributed by atoms with Crippen molar-refractivity contribution in [2.75, 3.05) is 6.61 Å². The molecule has 0 unspecified atom stereocenters. The Bertz CT molecular complexity index is 672. The van der Waals surface area contributed by atoms with Crippen molar-refractivity contribution in [1.82, 2.24) is 5.16 Å². The summed E-state index contributed by atoms with van der Waals surface area (Å²) in [5, 5.41) is 4.62. The number of hydrogen-bond acceptors (Lipinski definition) is 5. The van der Waals surface area contributed by atoms with Crippen molar-refractivity contribution >= 4 is 29.2 Å². The highest BCUT2D eigenvalue weighted by atomic mass is 35.5. The SMILES string of the molecule is Cc1cc([C@H](C)OC(=O)CCCOc2cccc(Cl)c2Cl)no1. The zero-order chi connectivity index (χ0) is 16.8. The van der Waals surface area contributed by atoms with Crippen molar-refractivity contribution in [3.8, 4) is 5.75 Å². The molecule has 0 aliphatic rings. The maximum atomic E-state index is 11.8. The zero-order valence-electron chi connectivity index (χ0n) is 12.8. The van der Waals surface area contributed by atoms with Crippen molar-refractivity contribution in [2.45, 2.75) is 32.8 Å². The third kappa shape index (κ3) is 5.15. The summed E-state index contributed by atoms with van der Waals surface area (Å²) in [4.78, 5) is 11.8. The van der Waals surface area contributed by atoms with E-state index in [4.69, 9.17) is 37.2 Å². The molecule has 7 heteroatoms. The molecule has 124 valence electrons. The van der Waals surface area contributed by atoms with Gasteiger partial charge in [-0.2, -0.15) is 0 Å². The van der Waals surface area contributed by atoms with E-state index in [1.165, 1.54) is 0 Å². The lowest BCUT2D eigenvalue weighted by molar-refractivity contribution is -0.149. The van der Waals surface area contributed by atoms with Crippen LogP contribution in [-0.4, -0.2) is 17.7 Å². The molecular weight excluding hydrogens is 341 g/mol. The molecule has 0 saturated heterocycles. The predicted octanol–water partition coefficient (Wildman–Crippen LogP) is 4.75. The minimum atomic E-state index is -0.441. The predicted molar refractivity (Wildman–Crippen MR) is 86.9 cm³/mol. The van der Waals surface area contributed by atoms with E-state index in [2.05, 4.69) is 5.16 Å². The molecule has 0 bridgehead atoms. The molecule has 0 N–H and O–H groups in total. The Balaban J connectivity index is 1.71. The summed E-state index contributed by atoms with van der Waals surface area (Å²) in [6.45, 7) is 3.87. The molecule has 2 aromatic rings. The topological polar surface area (TPSA) is 61.6 Å². The molecule has 1 atom stereocenters. The van der Waals surface area contributed by atoms with E-state index in [1.54, 1.807) is 38.1 Å². The number of benzene rings is 1. The molecule has 1 aromatic heterocycles. The van der Waals surface area contributed by atoms with Crippen LogP contribution in [0.25, 0.3) is 0 Å². The van der Waals surface area contributed by atoms with Gasteiger partial charge in [0.2, 0.25) is 0 Å². The van der Waals surface area contributed by atoms with E-state index in [0.29, 0.717) is 40.3 Å². The standard InChI is InChI=1S/C16H17Cl2NO4/c1-10-9-13(19-23-10)11(2)22-15(20)7-4-8-21-14-6-3-5-12(17)16(14)18/h3,5-6,9,11H,4,7-8H2,1-2H3/t11-/m0/s1. The van der Waals surface area contributed by atoms with Gasteiger partial charge in [0, 0.05) is 12.5 Å². The number of carbonyl (C=O) groups is 1. The summed E-state index contributed by atoms with van der Waals surface area (Å²) in [5.74, 6) is 0.854. The summed E-state index contributed by atoms with van der Waals surface area (Å²) in [7, 11) is 0. The van der Waals surface area contributed by atoms with Crippen LogP contribution in [0.4, 0.5) is 0 Å². The van der Waals surface area contributed by atoms with E-state index < -0.39 is 6.10 Å². The number of rotatable bonds is 7. The largest absolute Gasteiger partial charge is 0.492 e. The lowest BCUT2D eigenvalue weighted by Gasteiger charge is -2.11. The number of nitrogens with zero attached hydrogens (tertiary/aromatic N) is 1. The fourth-order valence-electron chi connectivity index (χ4n) is 1.89. The minimum absolute atomic E-state index is 0.235. The molecule has 0 spiro atoms. The zero-order valence-corrected chi connectivity index (χ0v) is 14.4. The molecule has 0 fully saturated rings. The molecule has 0 saturated carbocycles. The second-order valence-corrected chi connectivity index (χ2v) is 5.78. The summed E-state index contributed by atoms with van der Waals surface area (Å²) in [6.07, 6.45) is 0.300. The first-order valence-electron chi connectivity index (χ1n) is 7.17. The highest BCUT2D eigenvalue weighted by molar-refractivity contribution is 6.42. The van der Waals surface area contributed by atoms with Crippen LogP contribution in [0, 0.1) is 6.92 Å². The van der Waals surface area contributed by atoms with Gasteiger partial charge < -0.3 is 14.0 Å². The Morgan fingerprint density at radius 1 is 1.39 bits per heavy atom. The molecule has 0 aliphatic carbocycles. The Morgan fingerprint density at radius 2 is 2.17 bits per heavy atom. The maximum absolute atomic E-state index is 11.8. The molecule has 23 heavy (non-hydrogen) atoms. The number of esters is 1. The van der Waals surface area contributed by atoms with Gasteiger partial charge in [-0.15, -0.1) is 0 Å². The van der Waals surface area contributed by atoms with Crippen LogP contribution in [-0.2, 0) is 9.53 Å². The molecule has 1 aromatic carbocycles.